The normalized spacial score (nSPS) is 11.3. The molecule has 102 valence electrons. The summed E-state index contributed by atoms with van der Waals surface area (Å²) in [5.41, 5.74) is 8.97. The maximum atomic E-state index is 6.14. The Morgan fingerprint density at radius 2 is 2.00 bits per heavy atom. The summed E-state index contributed by atoms with van der Waals surface area (Å²) in [5, 5.41) is 2.17. The third-order valence-electron chi connectivity index (χ3n) is 3.54. The van der Waals surface area contributed by atoms with E-state index < -0.39 is 0 Å². The summed E-state index contributed by atoms with van der Waals surface area (Å²) in [6.45, 7) is 0. The molecule has 2 aromatic heterocycles. The van der Waals surface area contributed by atoms with Crippen molar-refractivity contribution in [2.24, 2.45) is 0 Å². The van der Waals surface area contributed by atoms with Gasteiger partial charge in [0.15, 0.2) is 0 Å². The first-order valence-electron chi connectivity index (χ1n) is 6.50. The Kier molecular flexibility index (Phi) is 2.68. The lowest BCUT2D eigenvalue weighted by atomic mass is 10.1. The second-order valence-electron chi connectivity index (χ2n) is 4.81. The summed E-state index contributed by atoms with van der Waals surface area (Å²) in [7, 11) is 0. The highest BCUT2D eigenvalue weighted by atomic mass is 79.9. The van der Waals surface area contributed by atoms with E-state index in [0.29, 0.717) is 5.95 Å². The van der Waals surface area contributed by atoms with Crippen LogP contribution < -0.4 is 5.73 Å². The maximum absolute atomic E-state index is 6.14. The Labute approximate surface area is 129 Å². The zero-order valence-corrected chi connectivity index (χ0v) is 12.6. The Morgan fingerprint density at radius 3 is 2.90 bits per heavy atom. The fourth-order valence-electron chi connectivity index (χ4n) is 2.61. The van der Waals surface area contributed by atoms with E-state index in [4.69, 9.17) is 5.73 Å². The lowest BCUT2D eigenvalue weighted by Crippen LogP contribution is -2.01. The van der Waals surface area contributed by atoms with Gasteiger partial charge in [-0.15, -0.1) is 0 Å². The number of pyridine rings is 1. The van der Waals surface area contributed by atoms with Crippen molar-refractivity contribution in [3.8, 4) is 5.69 Å². The lowest BCUT2D eigenvalue weighted by molar-refractivity contribution is 1.12. The molecule has 21 heavy (non-hydrogen) atoms. The third kappa shape index (κ3) is 1.89. The molecule has 0 aliphatic carbocycles. The van der Waals surface area contributed by atoms with Gasteiger partial charge in [-0.3, -0.25) is 9.55 Å². The predicted molar refractivity (Wildman–Crippen MR) is 88.5 cm³/mol. The fourth-order valence-corrected chi connectivity index (χ4v) is 2.96. The molecule has 0 radical (unpaired) electrons. The molecule has 5 heteroatoms. The van der Waals surface area contributed by atoms with E-state index >= 15 is 0 Å². The number of rotatable bonds is 1. The summed E-state index contributed by atoms with van der Waals surface area (Å²) in [6.07, 6.45) is 3.64. The molecule has 0 saturated heterocycles. The van der Waals surface area contributed by atoms with Crippen molar-refractivity contribution >= 4 is 43.7 Å². The number of halogens is 1. The molecule has 2 aromatic carbocycles. The van der Waals surface area contributed by atoms with Gasteiger partial charge in [0.2, 0.25) is 5.95 Å². The molecule has 0 aliphatic heterocycles. The summed E-state index contributed by atoms with van der Waals surface area (Å²) < 4.78 is 2.96. The van der Waals surface area contributed by atoms with Crippen LogP contribution in [0.4, 0.5) is 5.95 Å². The molecule has 2 heterocycles. The number of hydrogen-bond acceptors (Lipinski definition) is 3. The average Bonchev–Trinajstić information content (AvgIpc) is 2.82. The molecule has 0 unspecified atom stereocenters. The second-order valence-corrected chi connectivity index (χ2v) is 5.73. The Balaban J connectivity index is 2.14. The van der Waals surface area contributed by atoms with Crippen LogP contribution in [0.15, 0.2) is 59.3 Å². The van der Waals surface area contributed by atoms with Crippen LogP contribution in [0, 0.1) is 0 Å². The highest BCUT2D eigenvalue weighted by molar-refractivity contribution is 9.10. The molecular weight excluding hydrogens is 328 g/mol. The van der Waals surface area contributed by atoms with E-state index in [0.717, 1.165) is 32.0 Å². The van der Waals surface area contributed by atoms with Crippen LogP contribution in [-0.4, -0.2) is 14.5 Å². The highest BCUT2D eigenvalue weighted by Gasteiger charge is 2.12. The summed E-state index contributed by atoms with van der Waals surface area (Å²) in [5.74, 6) is 0.472. The molecule has 0 amide bonds. The second kappa shape index (κ2) is 4.56. The number of hydrogen-bond donors (Lipinski definition) is 1. The molecule has 0 bridgehead atoms. The topological polar surface area (TPSA) is 56.7 Å². The van der Waals surface area contributed by atoms with Gasteiger partial charge in [0.25, 0.3) is 0 Å². The molecule has 0 saturated carbocycles. The van der Waals surface area contributed by atoms with Gasteiger partial charge in [-0.05, 0) is 35.7 Å². The molecular formula is C16H11BrN4. The van der Waals surface area contributed by atoms with Crippen LogP contribution in [0.5, 0.6) is 0 Å². The van der Waals surface area contributed by atoms with Gasteiger partial charge in [-0.25, -0.2) is 4.98 Å². The van der Waals surface area contributed by atoms with Crippen molar-refractivity contribution in [3.63, 3.8) is 0 Å². The van der Waals surface area contributed by atoms with Crippen molar-refractivity contribution in [1.29, 1.82) is 0 Å². The van der Waals surface area contributed by atoms with Crippen molar-refractivity contribution < 1.29 is 0 Å². The average molecular weight is 339 g/mol. The minimum atomic E-state index is 0.472. The molecule has 4 aromatic rings. The summed E-state index contributed by atoms with van der Waals surface area (Å²) in [6, 6.07) is 14.0. The smallest absolute Gasteiger partial charge is 0.205 e. The van der Waals surface area contributed by atoms with Gasteiger partial charge < -0.3 is 5.73 Å². The van der Waals surface area contributed by atoms with Crippen molar-refractivity contribution in [2.45, 2.75) is 0 Å². The van der Waals surface area contributed by atoms with Gasteiger partial charge >= 0.3 is 0 Å². The van der Waals surface area contributed by atoms with Gasteiger partial charge in [0, 0.05) is 22.3 Å². The minimum Gasteiger partial charge on any atom is -0.369 e. The standard InChI is InChI=1S/C16H11BrN4/c17-11-4-5-13-15(8-11)21(16(18)20-13)14-3-1-2-10-6-7-19-9-12(10)14/h1-9H,(H2,18,20). The summed E-state index contributed by atoms with van der Waals surface area (Å²) in [4.78, 5) is 8.66. The number of nitrogens with zero attached hydrogens (tertiary/aromatic N) is 3. The Morgan fingerprint density at radius 1 is 1.10 bits per heavy atom. The van der Waals surface area contributed by atoms with Crippen molar-refractivity contribution in [2.75, 3.05) is 5.73 Å². The number of anilines is 1. The molecule has 0 aliphatic rings. The van der Waals surface area contributed by atoms with Gasteiger partial charge in [0.05, 0.1) is 16.7 Å². The van der Waals surface area contributed by atoms with E-state index in [1.807, 2.05) is 47.2 Å². The lowest BCUT2D eigenvalue weighted by Gasteiger charge is -2.10. The van der Waals surface area contributed by atoms with E-state index in [-0.39, 0.29) is 0 Å². The molecule has 4 nitrogen and oxygen atoms in total. The quantitative estimate of drug-likeness (QED) is 0.572. The van der Waals surface area contributed by atoms with E-state index in [1.54, 1.807) is 6.20 Å². The maximum Gasteiger partial charge on any atom is 0.205 e. The number of nitrogen functional groups attached to an aromatic ring is 1. The Hall–Kier alpha value is -2.40. The third-order valence-corrected chi connectivity index (χ3v) is 4.04. The van der Waals surface area contributed by atoms with Crippen LogP contribution in [0.25, 0.3) is 27.5 Å². The zero-order chi connectivity index (χ0) is 14.4. The number of aromatic nitrogens is 3. The van der Waals surface area contributed by atoms with E-state index in [2.05, 4.69) is 32.0 Å². The van der Waals surface area contributed by atoms with E-state index in [9.17, 15) is 0 Å². The van der Waals surface area contributed by atoms with Crippen LogP contribution in [0.3, 0.4) is 0 Å². The first-order valence-corrected chi connectivity index (χ1v) is 7.30. The largest absolute Gasteiger partial charge is 0.369 e. The number of fused-ring (bicyclic) bond motifs is 2. The van der Waals surface area contributed by atoms with Gasteiger partial charge in [-0.2, -0.15) is 0 Å². The molecule has 4 rings (SSSR count). The van der Waals surface area contributed by atoms with Crippen LogP contribution >= 0.6 is 15.9 Å². The zero-order valence-electron chi connectivity index (χ0n) is 11.0. The first-order chi connectivity index (χ1) is 10.2. The monoisotopic (exact) mass is 338 g/mol. The van der Waals surface area contributed by atoms with Crippen molar-refractivity contribution in [3.05, 3.63) is 59.3 Å². The van der Waals surface area contributed by atoms with Crippen LogP contribution in [0.1, 0.15) is 0 Å². The first kappa shape index (κ1) is 12.3. The molecule has 2 N–H and O–H groups in total. The molecule has 0 atom stereocenters. The minimum absolute atomic E-state index is 0.472. The molecule has 0 fully saturated rings. The predicted octanol–water partition coefficient (Wildman–Crippen LogP) is 3.92. The number of nitrogens with two attached hydrogens (primary N) is 1. The van der Waals surface area contributed by atoms with Crippen LogP contribution in [0.2, 0.25) is 0 Å². The SMILES string of the molecule is Nc1nc2ccc(Br)cc2n1-c1cccc2ccncc12. The van der Waals surface area contributed by atoms with Crippen molar-refractivity contribution in [1.82, 2.24) is 14.5 Å². The fraction of sp³-hybridized carbons (Fsp3) is 0. The number of benzene rings is 2. The molecule has 0 spiro atoms. The van der Waals surface area contributed by atoms with E-state index in [1.165, 1.54) is 0 Å². The summed E-state index contributed by atoms with van der Waals surface area (Å²) >= 11 is 3.50. The van der Waals surface area contributed by atoms with Gasteiger partial charge in [0.1, 0.15) is 0 Å². The highest BCUT2D eigenvalue weighted by Crippen LogP contribution is 2.29. The van der Waals surface area contributed by atoms with Crippen LogP contribution in [-0.2, 0) is 0 Å². The number of imidazole rings is 1. The van der Waals surface area contributed by atoms with Gasteiger partial charge in [-0.1, -0.05) is 28.1 Å². The Bertz CT molecular complexity index is 969.